The van der Waals surface area contributed by atoms with Gasteiger partial charge in [0.25, 0.3) is 0 Å². The molecule has 0 unspecified atom stereocenters. The summed E-state index contributed by atoms with van der Waals surface area (Å²) in [6.07, 6.45) is 2.21. The average Bonchev–Trinajstić information content (AvgIpc) is 2.67. The van der Waals surface area contributed by atoms with Crippen molar-refractivity contribution in [3.05, 3.63) is 35.3 Å². The molecule has 4 nitrogen and oxygen atoms in total. The first kappa shape index (κ1) is 11.7. The van der Waals surface area contributed by atoms with Crippen LogP contribution in [0.15, 0.2) is 18.3 Å². The van der Waals surface area contributed by atoms with E-state index in [-0.39, 0.29) is 0 Å². The molecule has 3 rings (SSSR count). The molecule has 3 N–H and O–H groups in total. The molecule has 0 saturated carbocycles. The van der Waals surface area contributed by atoms with E-state index in [0.29, 0.717) is 0 Å². The lowest BCUT2D eigenvalue weighted by Gasteiger charge is -2.22. The molecular formula is C14H22N4+2. The van der Waals surface area contributed by atoms with Gasteiger partial charge in [0.05, 0.1) is 11.4 Å². The molecule has 0 aliphatic carbocycles. The average molecular weight is 246 g/mol. The minimum absolute atomic E-state index is 1.08. The molecule has 1 aliphatic rings. The maximum absolute atomic E-state index is 4.66. The van der Waals surface area contributed by atoms with Gasteiger partial charge in [-0.15, -0.1) is 0 Å². The molecule has 0 bridgehead atoms. The van der Waals surface area contributed by atoms with E-state index in [9.17, 15) is 0 Å². The summed E-state index contributed by atoms with van der Waals surface area (Å²) < 4.78 is 2.27. The fourth-order valence-electron chi connectivity index (χ4n) is 2.83. The van der Waals surface area contributed by atoms with Crippen molar-refractivity contribution < 1.29 is 10.2 Å². The van der Waals surface area contributed by atoms with Crippen molar-refractivity contribution in [2.45, 2.75) is 20.4 Å². The highest BCUT2D eigenvalue weighted by Gasteiger charge is 2.19. The summed E-state index contributed by atoms with van der Waals surface area (Å²) in [5.74, 6) is 0. The Kier molecular flexibility index (Phi) is 3.06. The molecule has 2 aromatic heterocycles. The Balaban J connectivity index is 1.94. The molecule has 1 saturated heterocycles. The zero-order chi connectivity index (χ0) is 12.5. The van der Waals surface area contributed by atoms with Gasteiger partial charge in [-0.3, -0.25) is 4.40 Å². The Morgan fingerprint density at radius 3 is 2.83 bits per heavy atom. The van der Waals surface area contributed by atoms with Gasteiger partial charge >= 0.3 is 0 Å². The number of piperazine rings is 1. The van der Waals surface area contributed by atoms with Crippen molar-refractivity contribution >= 4 is 5.65 Å². The number of nitrogens with two attached hydrogens (primary N) is 1. The number of nitrogens with one attached hydrogen (secondary N) is 1. The fourth-order valence-corrected chi connectivity index (χ4v) is 2.83. The summed E-state index contributed by atoms with van der Waals surface area (Å²) in [6, 6.07) is 4.25. The molecule has 0 aromatic carbocycles. The van der Waals surface area contributed by atoms with Crippen LogP contribution in [-0.4, -0.2) is 35.6 Å². The van der Waals surface area contributed by atoms with Crippen LogP contribution in [0.25, 0.3) is 5.65 Å². The maximum atomic E-state index is 4.66. The number of fused-ring (bicyclic) bond motifs is 1. The van der Waals surface area contributed by atoms with Gasteiger partial charge < -0.3 is 10.2 Å². The molecule has 0 radical (unpaired) electrons. The van der Waals surface area contributed by atoms with Gasteiger partial charge in [0.15, 0.2) is 0 Å². The first-order chi connectivity index (χ1) is 8.74. The van der Waals surface area contributed by atoms with Crippen molar-refractivity contribution in [3.8, 4) is 0 Å². The smallest absolute Gasteiger partial charge is 0.137 e. The predicted octanol–water partition coefficient (Wildman–Crippen LogP) is -1.09. The number of aryl methyl sites for hydroxylation is 2. The number of quaternary nitrogens is 2. The van der Waals surface area contributed by atoms with E-state index >= 15 is 0 Å². The quantitative estimate of drug-likeness (QED) is 0.694. The molecule has 96 valence electrons. The largest absolute Gasteiger partial charge is 0.337 e. The highest BCUT2D eigenvalue weighted by molar-refractivity contribution is 5.44. The maximum Gasteiger partial charge on any atom is 0.137 e. The topological polar surface area (TPSA) is 38.3 Å². The number of rotatable bonds is 2. The number of imidazole rings is 1. The Morgan fingerprint density at radius 1 is 1.28 bits per heavy atom. The molecule has 2 aromatic rings. The van der Waals surface area contributed by atoms with Crippen LogP contribution in [0.2, 0.25) is 0 Å². The van der Waals surface area contributed by atoms with Crippen LogP contribution in [-0.2, 0) is 6.54 Å². The monoisotopic (exact) mass is 246 g/mol. The lowest BCUT2D eigenvalue weighted by atomic mass is 10.2. The van der Waals surface area contributed by atoms with Crippen LogP contribution in [0.5, 0.6) is 0 Å². The minimum Gasteiger partial charge on any atom is -0.337 e. The molecular weight excluding hydrogens is 224 g/mol. The van der Waals surface area contributed by atoms with Crippen molar-refractivity contribution in [2.75, 3.05) is 26.2 Å². The third kappa shape index (κ3) is 2.13. The van der Waals surface area contributed by atoms with Crippen LogP contribution in [0.4, 0.5) is 0 Å². The summed E-state index contributed by atoms with van der Waals surface area (Å²) in [4.78, 5) is 6.35. The third-order valence-electron chi connectivity index (χ3n) is 3.89. The van der Waals surface area contributed by atoms with Crippen molar-refractivity contribution in [2.24, 2.45) is 0 Å². The molecule has 0 atom stereocenters. The van der Waals surface area contributed by atoms with E-state index in [0.717, 1.165) is 12.2 Å². The van der Waals surface area contributed by atoms with E-state index in [2.05, 4.69) is 46.9 Å². The molecule has 1 fully saturated rings. The SMILES string of the molecule is Cc1ccc2nc(C)c(C[NH+]3CC[NH2+]CC3)n2c1. The van der Waals surface area contributed by atoms with Gasteiger partial charge in [-0.25, -0.2) is 4.98 Å². The Bertz CT molecular complexity index is 552. The van der Waals surface area contributed by atoms with Crippen LogP contribution in [0.3, 0.4) is 0 Å². The molecule has 4 heteroatoms. The van der Waals surface area contributed by atoms with Crippen LogP contribution >= 0.6 is 0 Å². The molecule has 0 spiro atoms. The first-order valence-corrected chi connectivity index (χ1v) is 6.83. The van der Waals surface area contributed by atoms with E-state index in [1.165, 1.54) is 43.1 Å². The van der Waals surface area contributed by atoms with E-state index in [1.807, 2.05) is 0 Å². The van der Waals surface area contributed by atoms with E-state index in [1.54, 1.807) is 4.90 Å². The Morgan fingerprint density at radius 2 is 2.06 bits per heavy atom. The van der Waals surface area contributed by atoms with Gasteiger partial charge in [0.1, 0.15) is 38.4 Å². The number of hydrogen-bond donors (Lipinski definition) is 2. The lowest BCUT2D eigenvalue weighted by molar-refractivity contribution is -0.958. The van der Waals surface area contributed by atoms with E-state index < -0.39 is 0 Å². The highest BCUT2D eigenvalue weighted by Crippen LogP contribution is 2.12. The number of nitrogens with zero attached hydrogens (tertiary/aromatic N) is 2. The van der Waals surface area contributed by atoms with Gasteiger partial charge in [-0.05, 0) is 25.5 Å². The number of hydrogen-bond acceptors (Lipinski definition) is 1. The second-order valence-corrected chi connectivity index (χ2v) is 5.37. The van der Waals surface area contributed by atoms with Crippen LogP contribution in [0.1, 0.15) is 17.0 Å². The fraction of sp³-hybridized carbons (Fsp3) is 0.500. The second-order valence-electron chi connectivity index (χ2n) is 5.37. The summed E-state index contributed by atoms with van der Waals surface area (Å²) in [7, 11) is 0. The third-order valence-corrected chi connectivity index (χ3v) is 3.89. The highest BCUT2D eigenvalue weighted by atomic mass is 15.2. The number of pyridine rings is 1. The second kappa shape index (κ2) is 4.71. The van der Waals surface area contributed by atoms with Crippen LogP contribution in [0, 0.1) is 13.8 Å². The Labute approximate surface area is 108 Å². The Hall–Kier alpha value is -1.39. The normalized spacial score (nSPS) is 17.4. The number of aromatic nitrogens is 2. The van der Waals surface area contributed by atoms with E-state index in [4.69, 9.17) is 0 Å². The standard InChI is InChI=1S/C14H20N4/c1-11-3-4-14-16-12(2)13(18(14)9-11)10-17-7-5-15-6-8-17/h3-4,9,15H,5-8,10H2,1-2H3/p+2. The lowest BCUT2D eigenvalue weighted by Crippen LogP contribution is -3.19. The van der Waals surface area contributed by atoms with Gasteiger partial charge in [-0.1, -0.05) is 6.07 Å². The minimum atomic E-state index is 1.08. The van der Waals surface area contributed by atoms with Gasteiger partial charge in [-0.2, -0.15) is 0 Å². The van der Waals surface area contributed by atoms with Crippen molar-refractivity contribution in [1.82, 2.24) is 9.38 Å². The molecule has 3 heterocycles. The van der Waals surface area contributed by atoms with Crippen molar-refractivity contribution in [1.29, 1.82) is 0 Å². The zero-order valence-electron chi connectivity index (χ0n) is 11.2. The summed E-state index contributed by atoms with van der Waals surface area (Å²) in [5, 5.41) is 2.41. The first-order valence-electron chi connectivity index (χ1n) is 6.83. The zero-order valence-corrected chi connectivity index (χ0v) is 11.2. The summed E-state index contributed by atoms with van der Waals surface area (Å²) >= 11 is 0. The van der Waals surface area contributed by atoms with Crippen LogP contribution < -0.4 is 10.2 Å². The van der Waals surface area contributed by atoms with Gasteiger partial charge in [0.2, 0.25) is 0 Å². The molecule has 0 amide bonds. The summed E-state index contributed by atoms with van der Waals surface area (Å²) in [5.41, 5.74) is 4.94. The predicted molar refractivity (Wildman–Crippen MR) is 70.7 cm³/mol. The summed E-state index contributed by atoms with van der Waals surface area (Å²) in [6.45, 7) is 10.4. The molecule has 18 heavy (non-hydrogen) atoms. The molecule has 1 aliphatic heterocycles. The van der Waals surface area contributed by atoms with Crippen molar-refractivity contribution in [3.63, 3.8) is 0 Å². The van der Waals surface area contributed by atoms with Gasteiger partial charge in [0, 0.05) is 6.20 Å².